The molecule has 0 radical (unpaired) electrons. The van der Waals surface area contributed by atoms with Gasteiger partial charge in [-0.3, -0.25) is 9.59 Å². The predicted octanol–water partition coefficient (Wildman–Crippen LogP) is 4.64. The van der Waals surface area contributed by atoms with Gasteiger partial charge in [-0.25, -0.2) is 13.2 Å². The minimum Gasteiger partial charge on any atom is -0.389 e. The fourth-order valence-electron chi connectivity index (χ4n) is 5.69. The molecular formula is C27H20F3N5O2S. The maximum atomic E-state index is 16.0. The number of amides is 2. The molecule has 0 saturated carbocycles. The molecule has 38 heavy (non-hydrogen) atoms. The molecule has 4 aromatic rings. The van der Waals surface area contributed by atoms with Crippen molar-refractivity contribution in [2.75, 3.05) is 25.4 Å². The van der Waals surface area contributed by atoms with E-state index >= 15 is 8.78 Å². The molecule has 7 nitrogen and oxygen atoms in total. The Kier molecular flexibility index (Phi) is 5.47. The number of halogens is 3. The lowest BCUT2D eigenvalue weighted by Crippen LogP contribution is -2.57. The molecule has 6 rings (SSSR count). The largest absolute Gasteiger partial charge is 0.389 e. The SMILES string of the molecule is C=CC(=O)N1CCN2C(=O)c3cc(F)c(-c4ccc(F)c5sc(N)c(C#N)c45)c4c(F)cn(c34)CCC2C1. The quantitative estimate of drug-likeness (QED) is 0.379. The third-order valence-corrected chi connectivity index (χ3v) is 8.44. The van der Waals surface area contributed by atoms with Crippen LogP contribution in [0, 0.1) is 28.8 Å². The molecule has 1 fully saturated rings. The van der Waals surface area contributed by atoms with Crippen LogP contribution in [0.25, 0.3) is 32.1 Å². The van der Waals surface area contributed by atoms with Gasteiger partial charge in [-0.1, -0.05) is 12.6 Å². The van der Waals surface area contributed by atoms with E-state index < -0.39 is 23.4 Å². The van der Waals surface area contributed by atoms with Crippen LogP contribution in [0.2, 0.25) is 0 Å². The van der Waals surface area contributed by atoms with Crippen LogP contribution in [0.5, 0.6) is 0 Å². The molecule has 1 atom stereocenters. The lowest BCUT2D eigenvalue weighted by molar-refractivity contribution is -0.128. The number of aryl methyl sites for hydroxylation is 1. The Hall–Kier alpha value is -4.30. The Morgan fingerprint density at radius 1 is 1.13 bits per heavy atom. The number of piperazine rings is 1. The molecular weight excluding hydrogens is 515 g/mol. The molecule has 0 spiro atoms. The summed E-state index contributed by atoms with van der Waals surface area (Å²) >= 11 is 0.865. The van der Waals surface area contributed by atoms with Gasteiger partial charge in [0.1, 0.15) is 28.5 Å². The van der Waals surface area contributed by atoms with Crippen molar-refractivity contribution in [3.8, 4) is 17.2 Å². The number of carbonyl (C=O) groups excluding carboxylic acids is 2. The van der Waals surface area contributed by atoms with E-state index in [2.05, 4.69) is 6.58 Å². The number of nitrogens with two attached hydrogens (primary N) is 1. The topological polar surface area (TPSA) is 95.4 Å². The summed E-state index contributed by atoms with van der Waals surface area (Å²) in [5, 5.41) is 9.75. The van der Waals surface area contributed by atoms with Crippen molar-refractivity contribution in [1.29, 1.82) is 5.26 Å². The van der Waals surface area contributed by atoms with E-state index in [1.165, 1.54) is 18.3 Å². The van der Waals surface area contributed by atoms with E-state index in [0.717, 1.165) is 23.5 Å². The number of aromatic nitrogens is 1. The molecule has 2 aliphatic rings. The Balaban J connectivity index is 1.57. The number of nitrogen functional groups attached to an aromatic ring is 1. The van der Waals surface area contributed by atoms with Crippen molar-refractivity contribution in [2.24, 2.45) is 0 Å². The van der Waals surface area contributed by atoms with Gasteiger partial charge >= 0.3 is 0 Å². The number of anilines is 1. The van der Waals surface area contributed by atoms with E-state index in [4.69, 9.17) is 5.73 Å². The highest BCUT2D eigenvalue weighted by Crippen LogP contribution is 2.45. The van der Waals surface area contributed by atoms with E-state index in [-0.39, 0.29) is 66.7 Å². The standard InChI is InChI=1S/C27H20F3N5O2S/c1-2-20(36)33-7-8-35-13(11-33)5-6-34-12-19(30)23-22(18(29)9-15(24(23)34)27(35)37)14-3-4-17(28)25-21(14)16(10-31)26(32)38-25/h2-4,9,12-13H,1,5-8,11,32H2. The van der Waals surface area contributed by atoms with Crippen LogP contribution in [-0.4, -0.2) is 51.9 Å². The summed E-state index contributed by atoms with van der Waals surface area (Å²) < 4.78 is 47.9. The van der Waals surface area contributed by atoms with Gasteiger partial charge in [-0.05, 0) is 30.2 Å². The van der Waals surface area contributed by atoms with Gasteiger partial charge in [0.2, 0.25) is 5.91 Å². The van der Waals surface area contributed by atoms with Crippen molar-refractivity contribution >= 4 is 49.1 Å². The average molecular weight is 536 g/mol. The first-order chi connectivity index (χ1) is 18.2. The second-order valence-electron chi connectivity index (χ2n) is 9.36. The van der Waals surface area contributed by atoms with Crippen LogP contribution in [0.4, 0.5) is 18.2 Å². The van der Waals surface area contributed by atoms with Gasteiger partial charge in [-0.15, -0.1) is 11.3 Å². The molecule has 0 aliphatic carbocycles. The van der Waals surface area contributed by atoms with Gasteiger partial charge in [0, 0.05) is 48.7 Å². The summed E-state index contributed by atoms with van der Waals surface area (Å²) in [6.45, 7) is 4.68. The van der Waals surface area contributed by atoms with Gasteiger partial charge in [0.15, 0.2) is 0 Å². The van der Waals surface area contributed by atoms with Crippen LogP contribution in [0.3, 0.4) is 0 Å². The van der Waals surface area contributed by atoms with Crippen LogP contribution in [-0.2, 0) is 11.3 Å². The number of carbonyl (C=O) groups is 2. The first kappa shape index (κ1) is 24.1. The van der Waals surface area contributed by atoms with Crippen LogP contribution >= 0.6 is 11.3 Å². The fraction of sp³-hybridized carbons (Fsp3) is 0.222. The van der Waals surface area contributed by atoms with Crippen molar-refractivity contribution in [1.82, 2.24) is 14.4 Å². The van der Waals surface area contributed by atoms with Crippen molar-refractivity contribution in [3.63, 3.8) is 0 Å². The summed E-state index contributed by atoms with van der Waals surface area (Å²) in [6.07, 6.45) is 2.90. The number of benzene rings is 2. The summed E-state index contributed by atoms with van der Waals surface area (Å²) in [5.74, 6) is -2.95. The fourth-order valence-corrected chi connectivity index (χ4v) is 6.64. The monoisotopic (exact) mass is 535 g/mol. The Morgan fingerprint density at radius 3 is 2.66 bits per heavy atom. The normalized spacial score (nSPS) is 17.3. The van der Waals surface area contributed by atoms with Gasteiger partial charge in [0.25, 0.3) is 5.91 Å². The first-order valence-corrected chi connectivity index (χ1v) is 12.7. The molecule has 2 aromatic carbocycles. The second kappa shape index (κ2) is 8.63. The molecule has 1 saturated heterocycles. The molecule has 2 N–H and O–H groups in total. The van der Waals surface area contributed by atoms with E-state index in [1.54, 1.807) is 14.4 Å². The molecule has 192 valence electrons. The smallest absolute Gasteiger partial charge is 0.256 e. The Morgan fingerprint density at radius 2 is 1.92 bits per heavy atom. The van der Waals surface area contributed by atoms with Crippen molar-refractivity contribution in [2.45, 2.75) is 19.0 Å². The highest BCUT2D eigenvalue weighted by atomic mass is 32.1. The first-order valence-electron chi connectivity index (χ1n) is 11.9. The molecule has 11 heteroatoms. The second-order valence-corrected chi connectivity index (χ2v) is 10.4. The lowest BCUT2D eigenvalue weighted by atomic mass is 9.93. The lowest BCUT2D eigenvalue weighted by Gasteiger charge is -2.42. The highest BCUT2D eigenvalue weighted by molar-refractivity contribution is 7.23. The molecule has 2 aliphatic heterocycles. The number of fused-ring (bicyclic) bond motifs is 2. The summed E-state index contributed by atoms with van der Waals surface area (Å²) in [5.41, 5.74) is 6.13. The zero-order chi connectivity index (χ0) is 26.9. The molecule has 4 heterocycles. The maximum Gasteiger partial charge on any atom is 0.256 e. The minimum absolute atomic E-state index is 0.00189. The molecule has 1 unspecified atom stereocenters. The third kappa shape index (κ3) is 3.33. The Bertz CT molecular complexity index is 1750. The Labute approximate surface area is 218 Å². The van der Waals surface area contributed by atoms with Crippen LogP contribution in [0.1, 0.15) is 22.3 Å². The number of thiophene rings is 1. The third-order valence-electron chi connectivity index (χ3n) is 7.41. The van der Waals surface area contributed by atoms with Crippen molar-refractivity contribution < 1.29 is 22.8 Å². The summed E-state index contributed by atoms with van der Waals surface area (Å²) in [4.78, 5) is 29.1. The van der Waals surface area contributed by atoms with Gasteiger partial charge in [0.05, 0.1) is 27.4 Å². The average Bonchev–Trinajstić information content (AvgIpc) is 3.42. The summed E-state index contributed by atoms with van der Waals surface area (Å²) in [7, 11) is 0. The molecule has 2 amide bonds. The van der Waals surface area contributed by atoms with Crippen LogP contribution in [0.15, 0.2) is 37.1 Å². The minimum atomic E-state index is -0.878. The zero-order valence-electron chi connectivity index (χ0n) is 19.9. The van der Waals surface area contributed by atoms with Gasteiger partial charge < -0.3 is 20.1 Å². The maximum absolute atomic E-state index is 16.0. The zero-order valence-corrected chi connectivity index (χ0v) is 20.7. The number of nitrogens with zero attached hydrogens (tertiary/aromatic N) is 4. The predicted molar refractivity (Wildman–Crippen MR) is 138 cm³/mol. The number of rotatable bonds is 2. The van der Waals surface area contributed by atoms with Gasteiger partial charge in [-0.2, -0.15) is 5.26 Å². The van der Waals surface area contributed by atoms with E-state index in [1.807, 2.05) is 6.07 Å². The number of hydrogen-bond acceptors (Lipinski definition) is 5. The number of nitriles is 1. The molecule has 0 bridgehead atoms. The molecule has 2 aromatic heterocycles. The van der Waals surface area contributed by atoms with Crippen molar-refractivity contribution in [3.05, 3.63) is 65.6 Å². The summed E-state index contributed by atoms with van der Waals surface area (Å²) in [6, 6.07) is 5.13. The number of hydrogen-bond donors (Lipinski definition) is 1. The van der Waals surface area contributed by atoms with Crippen LogP contribution < -0.4 is 5.73 Å². The highest BCUT2D eigenvalue weighted by Gasteiger charge is 2.36. The van der Waals surface area contributed by atoms with E-state index in [9.17, 15) is 19.2 Å². The van der Waals surface area contributed by atoms with E-state index in [0.29, 0.717) is 26.1 Å².